The Labute approximate surface area is 174 Å². The molecule has 1 aromatic heterocycles. The first-order valence-electron chi connectivity index (χ1n) is 10.0. The predicted octanol–water partition coefficient (Wildman–Crippen LogP) is 3.55. The van der Waals surface area contributed by atoms with Crippen LogP contribution in [0.2, 0.25) is 0 Å². The zero-order valence-corrected chi connectivity index (χ0v) is 16.6. The van der Waals surface area contributed by atoms with Crippen LogP contribution in [0.3, 0.4) is 0 Å². The van der Waals surface area contributed by atoms with Crippen molar-refractivity contribution < 1.29 is 14.8 Å². The van der Waals surface area contributed by atoms with E-state index in [1.807, 2.05) is 6.07 Å². The van der Waals surface area contributed by atoms with Crippen molar-refractivity contribution in [2.45, 2.75) is 13.0 Å². The fraction of sp³-hybridized carbons (Fsp3) is 0.318. The standard InChI is InChI=1S/C22H24N4O4/c27-20-4-1-3-18(15-20)22-23-16-21(17-5-7-19(8-6-17)26(28)29)25(22)10-2-9-24-11-13-30-14-12-24/h1,3-8,15-16,27H,2,9-14H2. The van der Waals surface area contributed by atoms with Crippen LogP contribution in [-0.4, -0.2) is 57.3 Å². The minimum absolute atomic E-state index is 0.0605. The number of aromatic nitrogens is 2. The zero-order valence-electron chi connectivity index (χ0n) is 16.6. The van der Waals surface area contributed by atoms with Gasteiger partial charge in [0.15, 0.2) is 0 Å². The maximum Gasteiger partial charge on any atom is 0.269 e. The molecule has 1 N–H and O–H groups in total. The van der Waals surface area contributed by atoms with Crippen LogP contribution < -0.4 is 0 Å². The summed E-state index contributed by atoms with van der Waals surface area (Å²) in [5, 5.41) is 20.9. The number of nitrogens with zero attached hydrogens (tertiary/aromatic N) is 4. The molecule has 0 atom stereocenters. The molecule has 8 heteroatoms. The Balaban J connectivity index is 1.62. The number of phenolic OH excluding ortho intramolecular Hbond substituents is 1. The molecule has 2 aromatic carbocycles. The summed E-state index contributed by atoms with van der Waals surface area (Å²) in [4.78, 5) is 17.6. The van der Waals surface area contributed by atoms with E-state index in [-0.39, 0.29) is 11.4 Å². The number of phenols is 1. The number of nitro groups is 1. The quantitative estimate of drug-likeness (QED) is 0.475. The predicted molar refractivity (Wildman–Crippen MR) is 113 cm³/mol. The molecule has 8 nitrogen and oxygen atoms in total. The minimum Gasteiger partial charge on any atom is -0.508 e. The van der Waals surface area contributed by atoms with Crippen molar-refractivity contribution in [3.05, 3.63) is 64.8 Å². The van der Waals surface area contributed by atoms with Gasteiger partial charge in [-0.1, -0.05) is 12.1 Å². The Hall–Kier alpha value is -3.23. The minimum atomic E-state index is -0.401. The summed E-state index contributed by atoms with van der Waals surface area (Å²) < 4.78 is 7.54. The summed E-state index contributed by atoms with van der Waals surface area (Å²) in [6, 6.07) is 13.6. The highest BCUT2D eigenvalue weighted by Gasteiger charge is 2.16. The summed E-state index contributed by atoms with van der Waals surface area (Å²) in [6.45, 7) is 5.13. The van der Waals surface area contributed by atoms with E-state index in [9.17, 15) is 15.2 Å². The van der Waals surface area contributed by atoms with Gasteiger partial charge in [0.2, 0.25) is 0 Å². The first-order valence-corrected chi connectivity index (χ1v) is 10.0. The maximum atomic E-state index is 11.0. The second-order valence-corrected chi connectivity index (χ2v) is 7.28. The van der Waals surface area contributed by atoms with Crippen molar-refractivity contribution in [2.24, 2.45) is 0 Å². The first-order chi connectivity index (χ1) is 14.6. The van der Waals surface area contributed by atoms with E-state index in [1.165, 1.54) is 12.1 Å². The number of hydrogen-bond acceptors (Lipinski definition) is 6. The summed E-state index contributed by atoms with van der Waals surface area (Å²) in [5.41, 5.74) is 2.65. The number of nitro benzene ring substituents is 1. The van der Waals surface area contributed by atoms with Gasteiger partial charge >= 0.3 is 0 Å². The fourth-order valence-corrected chi connectivity index (χ4v) is 3.74. The van der Waals surface area contributed by atoms with Gasteiger partial charge in [0.25, 0.3) is 5.69 Å². The smallest absolute Gasteiger partial charge is 0.269 e. The monoisotopic (exact) mass is 408 g/mol. The van der Waals surface area contributed by atoms with Crippen molar-refractivity contribution in [3.8, 4) is 28.4 Å². The van der Waals surface area contributed by atoms with Crippen molar-refractivity contribution in [1.82, 2.24) is 14.5 Å². The highest BCUT2D eigenvalue weighted by atomic mass is 16.6. The molecule has 1 saturated heterocycles. The third kappa shape index (κ3) is 4.50. The number of morpholine rings is 1. The van der Waals surface area contributed by atoms with Crippen LogP contribution >= 0.6 is 0 Å². The Morgan fingerprint density at radius 3 is 2.53 bits per heavy atom. The van der Waals surface area contributed by atoms with Crippen LogP contribution in [0, 0.1) is 10.1 Å². The van der Waals surface area contributed by atoms with E-state index < -0.39 is 4.92 Å². The average molecular weight is 408 g/mol. The lowest BCUT2D eigenvalue weighted by Gasteiger charge is -2.26. The molecule has 0 bridgehead atoms. The van der Waals surface area contributed by atoms with Gasteiger partial charge in [-0.3, -0.25) is 15.0 Å². The Kier molecular flexibility index (Phi) is 6.06. The molecule has 0 radical (unpaired) electrons. The molecule has 4 rings (SSSR count). The number of imidazole rings is 1. The number of ether oxygens (including phenoxy) is 1. The van der Waals surface area contributed by atoms with Crippen LogP contribution in [0.25, 0.3) is 22.6 Å². The van der Waals surface area contributed by atoms with E-state index in [2.05, 4.69) is 14.5 Å². The van der Waals surface area contributed by atoms with Gasteiger partial charge in [0.1, 0.15) is 11.6 Å². The second-order valence-electron chi connectivity index (χ2n) is 7.28. The van der Waals surface area contributed by atoms with Gasteiger partial charge in [0.05, 0.1) is 30.0 Å². The molecule has 0 unspecified atom stereocenters. The van der Waals surface area contributed by atoms with E-state index in [4.69, 9.17) is 4.74 Å². The third-order valence-electron chi connectivity index (χ3n) is 5.29. The molecular weight excluding hydrogens is 384 g/mol. The molecule has 0 amide bonds. The molecule has 3 aromatic rings. The number of rotatable bonds is 7. The first kappa shape index (κ1) is 20.1. The van der Waals surface area contributed by atoms with Crippen LogP contribution in [0.5, 0.6) is 5.75 Å². The molecule has 0 spiro atoms. The molecule has 0 saturated carbocycles. The number of benzene rings is 2. The van der Waals surface area contributed by atoms with Gasteiger partial charge in [-0.15, -0.1) is 0 Å². The number of non-ortho nitro benzene ring substituents is 1. The lowest BCUT2D eigenvalue weighted by molar-refractivity contribution is -0.384. The molecular formula is C22H24N4O4. The van der Waals surface area contributed by atoms with Gasteiger partial charge < -0.3 is 14.4 Å². The zero-order chi connectivity index (χ0) is 20.9. The van der Waals surface area contributed by atoms with Crippen molar-refractivity contribution in [2.75, 3.05) is 32.8 Å². The summed E-state index contributed by atoms with van der Waals surface area (Å²) in [7, 11) is 0. The molecule has 0 aliphatic carbocycles. The molecule has 1 fully saturated rings. The van der Waals surface area contributed by atoms with Crippen molar-refractivity contribution >= 4 is 5.69 Å². The fourth-order valence-electron chi connectivity index (χ4n) is 3.74. The van der Waals surface area contributed by atoms with Crippen molar-refractivity contribution in [1.29, 1.82) is 0 Å². The second kappa shape index (κ2) is 9.06. The van der Waals surface area contributed by atoms with E-state index >= 15 is 0 Å². The SMILES string of the molecule is O=[N+]([O-])c1ccc(-c2cnc(-c3cccc(O)c3)n2CCCN2CCOCC2)cc1. The van der Waals surface area contributed by atoms with E-state index in [0.717, 1.165) is 68.5 Å². The summed E-state index contributed by atoms with van der Waals surface area (Å²) in [5.74, 6) is 0.952. The van der Waals surface area contributed by atoms with Crippen molar-refractivity contribution in [3.63, 3.8) is 0 Å². The molecule has 1 aliphatic heterocycles. The Morgan fingerprint density at radius 2 is 1.83 bits per heavy atom. The molecule has 1 aliphatic rings. The van der Waals surface area contributed by atoms with Gasteiger partial charge in [-0.25, -0.2) is 4.98 Å². The van der Waals surface area contributed by atoms with Crippen LogP contribution in [-0.2, 0) is 11.3 Å². The Morgan fingerprint density at radius 1 is 1.07 bits per heavy atom. The lowest BCUT2D eigenvalue weighted by Crippen LogP contribution is -2.37. The summed E-state index contributed by atoms with van der Waals surface area (Å²) in [6.07, 6.45) is 2.72. The van der Waals surface area contributed by atoms with E-state index in [1.54, 1.807) is 36.5 Å². The van der Waals surface area contributed by atoms with Crippen LogP contribution in [0.4, 0.5) is 5.69 Å². The van der Waals surface area contributed by atoms with E-state index in [0.29, 0.717) is 0 Å². The largest absolute Gasteiger partial charge is 0.508 e. The van der Waals surface area contributed by atoms with Crippen LogP contribution in [0.15, 0.2) is 54.7 Å². The van der Waals surface area contributed by atoms with Gasteiger partial charge in [0, 0.05) is 49.4 Å². The maximum absolute atomic E-state index is 11.0. The molecule has 156 valence electrons. The average Bonchev–Trinajstić information content (AvgIpc) is 3.18. The third-order valence-corrected chi connectivity index (χ3v) is 5.29. The van der Waals surface area contributed by atoms with Gasteiger partial charge in [-0.2, -0.15) is 0 Å². The Bertz CT molecular complexity index is 1010. The lowest BCUT2D eigenvalue weighted by atomic mass is 10.1. The highest BCUT2D eigenvalue weighted by molar-refractivity contribution is 5.67. The van der Waals surface area contributed by atoms with Gasteiger partial charge in [-0.05, 0) is 30.7 Å². The summed E-state index contributed by atoms with van der Waals surface area (Å²) >= 11 is 0. The highest BCUT2D eigenvalue weighted by Crippen LogP contribution is 2.29. The molecule has 2 heterocycles. The topological polar surface area (TPSA) is 93.7 Å². The van der Waals surface area contributed by atoms with Crippen LogP contribution in [0.1, 0.15) is 6.42 Å². The normalized spacial score (nSPS) is 14.7. The number of aromatic hydroxyl groups is 1. The number of hydrogen-bond donors (Lipinski definition) is 1. The molecule has 30 heavy (non-hydrogen) atoms.